The van der Waals surface area contributed by atoms with E-state index in [9.17, 15) is 12.8 Å². The normalized spacial score (nSPS) is 22.0. The number of halogens is 2. The molecule has 4 nitrogen and oxygen atoms in total. The predicted octanol–water partition coefficient (Wildman–Crippen LogP) is 1.61. The molecule has 0 aliphatic carbocycles. The van der Waals surface area contributed by atoms with Crippen LogP contribution in [0.3, 0.4) is 0 Å². The first kappa shape index (κ1) is 13.9. The van der Waals surface area contributed by atoms with Crippen LogP contribution >= 0.6 is 15.9 Å². The van der Waals surface area contributed by atoms with Gasteiger partial charge in [0.25, 0.3) is 0 Å². The van der Waals surface area contributed by atoms with Crippen LogP contribution in [0.25, 0.3) is 0 Å². The van der Waals surface area contributed by atoms with Crippen molar-refractivity contribution in [2.24, 2.45) is 0 Å². The van der Waals surface area contributed by atoms with Crippen molar-refractivity contribution >= 4 is 26.0 Å². The van der Waals surface area contributed by atoms with E-state index in [0.717, 1.165) is 12.1 Å². The Morgan fingerprint density at radius 2 is 2.06 bits per heavy atom. The summed E-state index contributed by atoms with van der Waals surface area (Å²) in [5.74, 6) is -0.450. The second-order valence-corrected chi connectivity index (χ2v) is 6.55. The van der Waals surface area contributed by atoms with Crippen LogP contribution < -0.4 is 0 Å². The topological polar surface area (TPSA) is 46.6 Å². The van der Waals surface area contributed by atoms with Gasteiger partial charge in [0, 0.05) is 18.4 Å². The molecule has 1 aliphatic heterocycles. The van der Waals surface area contributed by atoms with E-state index >= 15 is 0 Å². The highest BCUT2D eigenvalue weighted by atomic mass is 79.9. The molecule has 0 saturated carbocycles. The Labute approximate surface area is 114 Å². The van der Waals surface area contributed by atoms with Gasteiger partial charge in [-0.3, -0.25) is 0 Å². The van der Waals surface area contributed by atoms with E-state index < -0.39 is 15.8 Å². The summed E-state index contributed by atoms with van der Waals surface area (Å²) in [5, 5.41) is 0.586. The molecule has 1 fully saturated rings. The molecule has 1 aromatic carbocycles. The lowest BCUT2D eigenvalue weighted by atomic mass is 10.3. The van der Waals surface area contributed by atoms with Gasteiger partial charge < -0.3 is 4.74 Å². The van der Waals surface area contributed by atoms with Gasteiger partial charge in [-0.25, -0.2) is 12.8 Å². The van der Waals surface area contributed by atoms with E-state index in [-0.39, 0.29) is 11.0 Å². The number of ether oxygens (including phenoxy) is 1. The third kappa shape index (κ3) is 2.90. The van der Waals surface area contributed by atoms with Gasteiger partial charge in [0.05, 0.1) is 17.6 Å². The maximum absolute atomic E-state index is 12.8. The number of alkyl halides is 1. The Morgan fingerprint density at radius 1 is 1.39 bits per heavy atom. The second-order valence-electron chi connectivity index (χ2n) is 3.96. The monoisotopic (exact) mass is 337 g/mol. The molecule has 100 valence electrons. The number of rotatable bonds is 3. The lowest BCUT2D eigenvalue weighted by Crippen LogP contribution is -2.46. The van der Waals surface area contributed by atoms with Crippen molar-refractivity contribution in [3.8, 4) is 0 Å². The van der Waals surface area contributed by atoms with E-state index in [1.165, 1.54) is 16.4 Å². The summed E-state index contributed by atoms with van der Waals surface area (Å²) in [4.78, 5) is 0.110. The summed E-state index contributed by atoms with van der Waals surface area (Å²) >= 11 is 3.27. The van der Waals surface area contributed by atoms with Crippen LogP contribution in [-0.4, -0.2) is 43.9 Å². The molecule has 0 aromatic heterocycles. The molecule has 1 unspecified atom stereocenters. The zero-order chi connectivity index (χ0) is 13.2. The SMILES string of the molecule is O=S(=O)(c1ccc(F)cc1)N1CCOC(CBr)C1. The summed E-state index contributed by atoms with van der Waals surface area (Å²) in [6.07, 6.45) is -0.144. The lowest BCUT2D eigenvalue weighted by Gasteiger charge is -2.31. The van der Waals surface area contributed by atoms with Gasteiger partial charge in [0.2, 0.25) is 10.0 Å². The van der Waals surface area contributed by atoms with Gasteiger partial charge >= 0.3 is 0 Å². The van der Waals surface area contributed by atoms with Crippen LogP contribution in [0.1, 0.15) is 0 Å². The number of hydrogen-bond acceptors (Lipinski definition) is 3. The Morgan fingerprint density at radius 3 is 2.67 bits per heavy atom. The standard InChI is InChI=1S/C11H13BrFNO3S/c12-7-10-8-14(5-6-17-10)18(15,16)11-3-1-9(13)2-4-11/h1-4,10H,5-8H2. The van der Waals surface area contributed by atoms with E-state index in [0.29, 0.717) is 25.0 Å². The van der Waals surface area contributed by atoms with Gasteiger partial charge in [0.1, 0.15) is 5.82 Å². The Balaban J connectivity index is 2.22. The molecule has 18 heavy (non-hydrogen) atoms. The molecule has 0 radical (unpaired) electrons. The van der Waals surface area contributed by atoms with Crippen molar-refractivity contribution in [3.05, 3.63) is 30.1 Å². The fraction of sp³-hybridized carbons (Fsp3) is 0.455. The highest BCUT2D eigenvalue weighted by Gasteiger charge is 2.30. The summed E-state index contributed by atoms with van der Waals surface area (Å²) < 4.78 is 44.1. The minimum absolute atomic E-state index is 0.110. The Hall–Kier alpha value is -0.500. The molecule has 1 atom stereocenters. The van der Waals surface area contributed by atoms with Crippen molar-refractivity contribution in [2.75, 3.05) is 25.0 Å². The molecule has 1 saturated heterocycles. The molecule has 0 spiro atoms. The first-order valence-electron chi connectivity index (χ1n) is 5.47. The summed E-state index contributed by atoms with van der Waals surface area (Å²) in [6, 6.07) is 4.86. The average Bonchev–Trinajstić information content (AvgIpc) is 2.39. The highest BCUT2D eigenvalue weighted by molar-refractivity contribution is 9.09. The van der Waals surface area contributed by atoms with Gasteiger partial charge in [0.15, 0.2) is 0 Å². The lowest BCUT2D eigenvalue weighted by molar-refractivity contribution is 0.0136. The predicted molar refractivity (Wildman–Crippen MR) is 68.7 cm³/mol. The third-order valence-electron chi connectivity index (χ3n) is 2.73. The number of sulfonamides is 1. The number of benzene rings is 1. The van der Waals surface area contributed by atoms with Crippen LogP contribution in [0.5, 0.6) is 0 Å². The molecule has 1 aromatic rings. The van der Waals surface area contributed by atoms with Crippen molar-refractivity contribution in [2.45, 2.75) is 11.0 Å². The summed E-state index contributed by atoms with van der Waals surface area (Å²) in [5.41, 5.74) is 0. The summed E-state index contributed by atoms with van der Waals surface area (Å²) in [6.45, 7) is 1.00. The number of nitrogens with zero attached hydrogens (tertiary/aromatic N) is 1. The molecule has 1 aliphatic rings. The zero-order valence-electron chi connectivity index (χ0n) is 9.55. The van der Waals surface area contributed by atoms with Gasteiger partial charge in [-0.1, -0.05) is 15.9 Å². The van der Waals surface area contributed by atoms with Crippen molar-refractivity contribution in [1.82, 2.24) is 4.31 Å². The van der Waals surface area contributed by atoms with E-state index in [1.807, 2.05) is 0 Å². The molecular weight excluding hydrogens is 325 g/mol. The van der Waals surface area contributed by atoms with Gasteiger partial charge in [-0.2, -0.15) is 4.31 Å². The largest absolute Gasteiger partial charge is 0.375 e. The number of morpholine rings is 1. The molecule has 7 heteroatoms. The van der Waals surface area contributed by atoms with Crippen LogP contribution in [0, 0.1) is 5.82 Å². The zero-order valence-corrected chi connectivity index (χ0v) is 12.0. The number of hydrogen-bond donors (Lipinski definition) is 0. The van der Waals surface area contributed by atoms with E-state index in [2.05, 4.69) is 15.9 Å². The van der Waals surface area contributed by atoms with E-state index in [1.54, 1.807) is 0 Å². The van der Waals surface area contributed by atoms with E-state index in [4.69, 9.17) is 4.74 Å². The van der Waals surface area contributed by atoms with Crippen LogP contribution in [0.2, 0.25) is 0 Å². The quantitative estimate of drug-likeness (QED) is 0.787. The summed E-state index contributed by atoms with van der Waals surface area (Å²) in [7, 11) is -3.56. The first-order chi connectivity index (χ1) is 8.54. The van der Waals surface area contributed by atoms with Crippen LogP contribution in [0.4, 0.5) is 4.39 Å². The minimum Gasteiger partial charge on any atom is -0.375 e. The molecule has 0 N–H and O–H groups in total. The van der Waals surface area contributed by atoms with Crippen molar-refractivity contribution in [1.29, 1.82) is 0 Å². The maximum atomic E-state index is 12.8. The smallest absolute Gasteiger partial charge is 0.243 e. The molecule has 0 amide bonds. The van der Waals surface area contributed by atoms with Crippen LogP contribution in [-0.2, 0) is 14.8 Å². The average molecular weight is 338 g/mol. The Bertz CT molecular complexity index is 506. The highest BCUT2D eigenvalue weighted by Crippen LogP contribution is 2.19. The molecular formula is C11H13BrFNO3S. The fourth-order valence-electron chi connectivity index (χ4n) is 1.76. The first-order valence-corrected chi connectivity index (χ1v) is 8.03. The minimum atomic E-state index is -3.56. The molecule has 1 heterocycles. The van der Waals surface area contributed by atoms with Gasteiger partial charge in [-0.05, 0) is 24.3 Å². The van der Waals surface area contributed by atoms with Gasteiger partial charge in [-0.15, -0.1) is 0 Å². The fourth-order valence-corrected chi connectivity index (χ4v) is 3.61. The van der Waals surface area contributed by atoms with Crippen molar-refractivity contribution < 1.29 is 17.5 Å². The maximum Gasteiger partial charge on any atom is 0.243 e. The second kappa shape index (κ2) is 5.64. The van der Waals surface area contributed by atoms with Crippen molar-refractivity contribution in [3.63, 3.8) is 0 Å². The Kier molecular flexibility index (Phi) is 4.37. The van der Waals surface area contributed by atoms with Crippen LogP contribution in [0.15, 0.2) is 29.2 Å². The third-order valence-corrected chi connectivity index (χ3v) is 5.33. The molecule has 0 bridgehead atoms. The molecule has 2 rings (SSSR count).